The summed E-state index contributed by atoms with van der Waals surface area (Å²) in [5.41, 5.74) is 2.55. The van der Waals surface area contributed by atoms with Crippen molar-refractivity contribution in [1.82, 2.24) is 0 Å². The summed E-state index contributed by atoms with van der Waals surface area (Å²) < 4.78 is 25.7. The number of benzene rings is 2. The van der Waals surface area contributed by atoms with E-state index >= 15 is 0 Å². The SMILES string of the molecule is COc1cc(F)c(C(Br)c2cccc(C)c2Br)cc1OC. The summed E-state index contributed by atoms with van der Waals surface area (Å²) in [6.07, 6.45) is 0. The van der Waals surface area contributed by atoms with Crippen molar-refractivity contribution in [3.63, 3.8) is 0 Å². The van der Waals surface area contributed by atoms with E-state index < -0.39 is 0 Å². The van der Waals surface area contributed by atoms with Crippen LogP contribution in [0.4, 0.5) is 4.39 Å². The lowest BCUT2D eigenvalue weighted by Gasteiger charge is -2.17. The molecule has 0 amide bonds. The van der Waals surface area contributed by atoms with Gasteiger partial charge in [-0.2, -0.15) is 0 Å². The summed E-state index contributed by atoms with van der Waals surface area (Å²) in [6, 6.07) is 8.89. The normalized spacial score (nSPS) is 12.1. The maximum Gasteiger partial charge on any atom is 0.163 e. The van der Waals surface area contributed by atoms with Crippen LogP contribution in [-0.2, 0) is 0 Å². The Morgan fingerprint density at radius 1 is 1.05 bits per heavy atom. The minimum atomic E-state index is -0.345. The Morgan fingerprint density at radius 2 is 1.67 bits per heavy atom. The second-order valence-corrected chi connectivity index (χ2v) is 6.28. The molecule has 112 valence electrons. The third-order valence-corrected chi connectivity index (χ3v) is 5.34. The molecule has 0 aliphatic heterocycles. The van der Waals surface area contributed by atoms with Gasteiger partial charge in [-0.1, -0.05) is 50.1 Å². The van der Waals surface area contributed by atoms with Crippen LogP contribution in [0.5, 0.6) is 11.5 Å². The van der Waals surface area contributed by atoms with Crippen LogP contribution >= 0.6 is 31.9 Å². The molecule has 0 radical (unpaired) electrons. The molecule has 0 fully saturated rings. The number of halogens is 3. The van der Waals surface area contributed by atoms with E-state index in [4.69, 9.17) is 9.47 Å². The van der Waals surface area contributed by atoms with E-state index in [-0.39, 0.29) is 10.6 Å². The summed E-state index contributed by atoms with van der Waals surface area (Å²) in [6.45, 7) is 2.00. The Kier molecular flexibility index (Phi) is 5.27. The van der Waals surface area contributed by atoms with E-state index in [9.17, 15) is 4.39 Å². The van der Waals surface area contributed by atoms with Crippen LogP contribution in [0.15, 0.2) is 34.8 Å². The molecule has 0 saturated heterocycles. The molecule has 0 aliphatic carbocycles. The van der Waals surface area contributed by atoms with Gasteiger partial charge in [-0.3, -0.25) is 0 Å². The summed E-state index contributed by atoms with van der Waals surface area (Å²) >= 11 is 7.13. The summed E-state index contributed by atoms with van der Waals surface area (Å²) in [7, 11) is 3.02. The first-order valence-corrected chi connectivity index (χ1v) is 8.01. The maximum atomic E-state index is 14.3. The number of ether oxygens (including phenoxy) is 2. The van der Waals surface area contributed by atoms with Crippen LogP contribution in [0.1, 0.15) is 21.5 Å². The van der Waals surface area contributed by atoms with E-state index in [1.807, 2.05) is 25.1 Å². The number of methoxy groups -OCH3 is 2. The third kappa shape index (κ3) is 3.24. The Bertz CT molecular complexity index is 659. The molecule has 0 heterocycles. The van der Waals surface area contributed by atoms with Gasteiger partial charge in [0.1, 0.15) is 5.82 Å². The van der Waals surface area contributed by atoms with Crippen molar-refractivity contribution in [2.24, 2.45) is 0 Å². The first-order chi connectivity index (χ1) is 9.99. The van der Waals surface area contributed by atoms with Gasteiger partial charge in [-0.25, -0.2) is 4.39 Å². The third-order valence-electron chi connectivity index (χ3n) is 3.27. The summed E-state index contributed by atoms with van der Waals surface area (Å²) in [4.78, 5) is -0.286. The number of aryl methyl sites for hydroxylation is 1. The van der Waals surface area contributed by atoms with Crippen LogP contribution in [0, 0.1) is 12.7 Å². The summed E-state index contributed by atoms with van der Waals surface area (Å²) in [5.74, 6) is 0.534. The predicted octanol–water partition coefficient (Wildman–Crippen LogP) is 5.40. The Labute approximate surface area is 140 Å². The monoisotopic (exact) mass is 416 g/mol. The number of alkyl halides is 1. The minimum Gasteiger partial charge on any atom is -0.493 e. The molecule has 21 heavy (non-hydrogen) atoms. The highest BCUT2D eigenvalue weighted by molar-refractivity contribution is 9.11. The fraction of sp³-hybridized carbons (Fsp3) is 0.250. The van der Waals surface area contributed by atoms with Crippen molar-refractivity contribution in [2.45, 2.75) is 11.8 Å². The van der Waals surface area contributed by atoms with Crippen LogP contribution < -0.4 is 9.47 Å². The van der Waals surface area contributed by atoms with Gasteiger partial charge in [0.25, 0.3) is 0 Å². The number of hydrogen-bond donors (Lipinski definition) is 0. The Hall–Kier alpha value is -1.07. The molecule has 2 aromatic carbocycles. The lowest BCUT2D eigenvalue weighted by atomic mass is 10.0. The molecule has 2 aromatic rings. The highest BCUT2D eigenvalue weighted by atomic mass is 79.9. The highest BCUT2D eigenvalue weighted by Gasteiger charge is 2.21. The molecule has 0 saturated carbocycles. The molecular weight excluding hydrogens is 403 g/mol. The molecule has 5 heteroatoms. The van der Waals surface area contributed by atoms with Crippen LogP contribution in [-0.4, -0.2) is 14.2 Å². The summed E-state index contributed by atoms with van der Waals surface area (Å²) in [5, 5.41) is 0. The van der Waals surface area contributed by atoms with Gasteiger partial charge in [0.15, 0.2) is 11.5 Å². The topological polar surface area (TPSA) is 18.5 Å². The number of rotatable bonds is 4. The van der Waals surface area contributed by atoms with E-state index in [0.29, 0.717) is 17.1 Å². The van der Waals surface area contributed by atoms with Crippen LogP contribution in [0.25, 0.3) is 0 Å². The van der Waals surface area contributed by atoms with E-state index in [1.165, 1.54) is 20.3 Å². The van der Waals surface area contributed by atoms with Crippen molar-refractivity contribution in [3.8, 4) is 11.5 Å². The Morgan fingerprint density at radius 3 is 2.29 bits per heavy atom. The molecule has 0 N–H and O–H groups in total. The lowest BCUT2D eigenvalue weighted by molar-refractivity contribution is 0.351. The molecule has 0 bridgehead atoms. The van der Waals surface area contributed by atoms with Crippen molar-refractivity contribution in [3.05, 3.63) is 57.3 Å². The van der Waals surface area contributed by atoms with Gasteiger partial charge < -0.3 is 9.47 Å². The largest absolute Gasteiger partial charge is 0.493 e. The average molecular weight is 418 g/mol. The maximum absolute atomic E-state index is 14.3. The van der Waals surface area contributed by atoms with E-state index in [0.717, 1.165) is 15.6 Å². The number of hydrogen-bond acceptors (Lipinski definition) is 2. The zero-order chi connectivity index (χ0) is 15.6. The van der Waals surface area contributed by atoms with Gasteiger partial charge >= 0.3 is 0 Å². The van der Waals surface area contributed by atoms with Gasteiger partial charge in [-0.05, 0) is 24.1 Å². The molecule has 2 nitrogen and oxygen atoms in total. The van der Waals surface area contributed by atoms with Crippen molar-refractivity contribution in [1.29, 1.82) is 0 Å². The molecule has 1 atom stereocenters. The molecule has 2 rings (SSSR count). The molecular formula is C16H15Br2FO2. The average Bonchev–Trinajstić information content (AvgIpc) is 2.49. The second-order valence-electron chi connectivity index (χ2n) is 4.57. The van der Waals surface area contributed by atoms with Gasteiger partial charge in [0.2, 0.25) is 0 Å². The first-order valence-electron chi connectivity index (χ1n) is 6.30. The van der Waals surface area contributed by atoms with Crippen molar-refractivity contribution >= 4 is 31.9 Å². The van der Waals surface area contributed by atoms with Gasteiger partial charge in [0, 0.05) is 16.1 Å². The predicted molar refractivity (Wildman–Crippen MR) is 89.2 cm³/mol. The lowest BCUT2D eigenvalue weighted by Crippen LogP contribution is -2.01. The quantitative estimate of drug-likeness (QED) is 0.620. The minimum absolute atomic E-state index is 0.286. The van der Waals surface area contributed by atoms with Crippen LogP contribution in [0.2, 0.25) is 0 Å². The van der Waals surface area contributed by atoms with Crippen molar-refractivity contribution < 1.29 is 13.9 Å². The fourth-order valence-corrected chi connectivity index (χ4v) is 3.63. The zero-order valence-corrected chi connectivity index (χ0v) is 15.1. The molecule has 1 unspecified atom stereocenters. The highest BCUT2D eigenvalue weighted by Crippen LogP contribution is 2.41. The van der Waals surface area contributed by atoms with E-state index in [2.05, 4.69) is 31.9 Å². The van der Waals surface area contributed by atoms with Crippen LogP contribution in [0.3, 0.4) is 0 Å². The standard InChI is InChI=1S/C16H15Br2FO2/c1-9-5-4-6-10(15(9)17)16(18)11-7-13(20-2)14(21-3)8-12(11)19/h4-8,16H,1-3H3. The van der Waals surface area contributed by atoms with E-state index in [1.54, 1.807) is 6.07 Å². The molecule has 0 aliphatic rings. The van der Waals surface area contributed by atoms with Crippen molar-refractivity contribution in [2.75, 3.05) is 14.2 Å². The zero-order valence-electron chi connectivity index (χ0n) is 11.9. The smallest absolute Gasteiger partial charge is 0.163 e. The fourth-order valence-electron chi connectivity index (χ4n) is 2.10. The second kappa shape index (κ2) is 6.79. The molecule has 0 aromatic heterocycles. The Balaban J connectivity index is 2.53. The first kappa shape index (κ1) is 16.3. The van der Waals surface area contributed by atoms with Gasteiger partial charge in [-0.15, -0.1) is 0 Å². The van der Waals surface area contributed by atoms with Gasteiger partial charge in [0.05, 0.1) is 19.0 Å². The molecule has 0 spiro atoms.